The average Bonchev–Trinajstić information content (AvgIpc) is 3.63. The highest BCUT2D eigenvalue weighted by atomic mass is 16.6. The maximum Gasteiger partial charge on any atom is 0.419 e. The molecule has 1 aliphatic heterocycles. The molecule has 0 spiro atoms. The van der Waals surface area contributed by atoms with E-state index in [1.54, 1.807) is 75.8 Å². The fraction of sp³-hybridized carbons (Fsp3) is 0.205. The molecule has 0 fully saturated rings. The molecule has 2 amide bonds. The summed E-state index contributed by atoms with van der Waals surface area (Å²) in [5.41, 5.74) is 2.97. The van der Waals surface area contributed by atoms with Crippen molar-refractivity contribution in [2.24, 2.45) is 0 Å². The van der Waals surface area contributed by atoms with E-state index >= 15 is 0 Å². The van der Waals surface area contributed by atoms with Gasteiger partial charge in [-0.05, 0) is 75.6 Å². The minimum Gasteiger partial charge on any atom is -0.497 e. The molecule has 6 rings (SSSR count). The molecule has 2 heterocycles. The maximum absolute atomic E-state index is 14.0. The number of nitrogens with zero attached hydrogens (tertiary/aromatic N) is 4. The third-order valence-electron chi connectivity index (χ3n) is 8.36. The van der Waals surface area contributed by atoms with E-state index in [9.17, 15) is 14.4 Å². The highest BCUT2D eigenvalue weighted by Crippen LogP contribution is 2.43. The first-order valence-electron chi connectivity index (χ1n) is 16.1. The third kappa shape index (κ3) is 7.18. The van der Waals surface area contributed by atoms with Crippen LogP contribution in [0.1, 0.15) is 22.3 Å². The zero-order chi connectivity index (χ0) is 35.4. The van der Waals surface area contributed by atoms with Gasteiger partial charge < -0.3 is 28.4 Å². The number of hydrogen-bond acceptors (Lipinski definition) is 8. The van der Waals surface area contributed by atoms with Crippen molar-refractivity contribution >= 4 is 46.3 Å². The third-order valence-corrected chi connectivity index (χ3v) is 8.36. The quantitative estimate of drug-likeness (QED) is 0.141. The molecule has 11 heteroatoms. The van der Waals surface area contributed by atoms with Gasteiger partial charge in [0.05, 0.1) is 7.11 Å². The molecule has 4 aromatic carbocycles. The molecular formula is C39H38N4O7. The van der Waals surface area contributed by atoms with Crippen molar-refractivity contribution in [2.45, 2.75) is 13.0 Å². The summed E-state index contributed by atoms with van der Waals surface area (Å²) in [5, 5.41) is 0.878. The van der Waals surface area contributed by atoms with Gasteiger partial charge in [0.2, 0.25) is 5.78 Å². The van der Waals surface area contributed by atoms with Gasteiger partial charge in [-0.3, -0.25) is 14.6 Å². The smallest absolute Gasteiger partial charge is 0.419 e. The normalized spacial score (nSPS) is 12.9. The number of carbonyl (C=O) groups excluding carboxylic acids is 3. The fourth-order valence-corrected chi connectivity index (χ4v) is 5.67. The van der Waals surface area contributed by atoms with Crippen molar-refractivity contribution in [1.82, 2.24) is 9.47 Å². The SMILES string of the molecule is COc1ccc2c(c1)c(C=C1Oc3cc(OC(=O)N(C)c4ccccc4)cc(OC(=O)N(C)c4ccccc4)c3C1=O)cn2CCCN(C)C. The van der Waals surface area contributed by atoms with Gasteiger partial charge in [-0.2, -0.15) is 0 Å². The number of rotatable bonds is 10. The molecule has 0 radical (unpaired) electrons. The first-order valence-corrected chi connectivity index (χ1v) is 16.1. The van der Waals surface area contributed by atoms with Gasteiger partial charge in [0, 0.05) is 66.8 Å². The molecule has 5 aromatic rings. The second kappa shape index (κ2) is 14.6. The number of ketones is 1. The van der Waals surface area contributed by atoms with Crippen LogP contribution in [0.4, 0.5) is 21.0 Å². The molecule has 50 heavy (non-hydrogen) atoms. The number of amides is 2. The largest absolute Gasteiger partial charge is 0.497 e. The highest BCUT2D eigenvalue weighted by molar-refractivity contribution is 6.17. The molecule has 1 aliphatic rings. The van der Waals surface area contributed by atoms with Gasteiger partial charge in [-0.1, -0.05) is 36.4 Å². The summed E-state index contributed by atoms with van der Waals surface area (Å²) >= 11 is 0. The Morgan fingerprint density at radius 1 is 0.800 bits per heavy atom. The maximum atomic E-state index is 14.0. The number of anilines is 2. The Kier molecular flexibility index (Phi) is 9.87. The Balaban J connectivity index is 1.36. The number of aromatic nitrogens is 1. The number of methoxy groups -OCH3 is 1. The minimum absolute atomic E-state index is 0.0220. The highest BCUT2D eigenvalue weighted by Gasteiger charge is 2.34. The van der Waals surface area contributed by atoms with Gasteiger partial charge >= 0.3 is 12.2 Å². The molecule has 0 bridgehead atoms. The monoisotopic (exact) mass is 674 g/mol. The number of carbonyl (C=O) groups is 3. The van der Waals surface area contributed by atoms with Crippen LogP contribution in [-0.2, 0) is 6.54 Å². The van der Waals surface area contributed by atoms with Crippen LogP contribution in [0.3, 0.4) is 0 Å². The average molecular weight is 675 g/mol. The summed E-state index contributed by atoms with van der Waals surface area (Å²) in [6.45, 7) is 1.68. The van der Waals surface area contributed by atoms with Crippen LogP contribution in [0.15, 0.2) is 103 Å². The van der Waals surface area contributed by atoms with Crippen molar-refractivity contribution in [3.05, 3.63) is 114 Å². The van der Waals surface area contributed by atoms with Crippen LogP contribution < -0.4 is 28.7 Å². The first-order chi connectivity index (χ1) is 24.1. The standard InChI is InChI=1S/C39H38N4O7/c1-40(2)19-12-20-43-25-26(31-22-29(47-5)17-18-32(31)43)21-35-37(44)36-33(49-35)23-30(48-38(45)41(3)27-13-8-6-9-14-27)24-34(36)50-39(46)42(4)28-15-10-7-11-16-28/h6-11,13-18,21-25H,12,19-20H2,1-5H3. The van der Waals surface area contributed by atoms with Crippen LogP contribution in [0.25, 0.3) is 17.0 Å². The van der Waals surface area contributed by atoms with Gasteiger partial charge in [0.1, 0.15) is 22.8 Å². The lowest BCUT2D eigenvalue weighted by atomic mass is 10.1. The fourth-order valence-electron chi connectivity index (χ4n) is 5.67. The van der Waals surface area contributed by atoms with Crippen molar-refractivity contribution in [1.29, 1.82) is 0 Å². The van der Waals surface area contributed by atoms with Crippen LogP contribution in [-0.4, -0.2) is 69.3 Å². The van der Waals surface area contributed by atoms with Gasteiger partial charge in [-0.15, -0.1) is 0 Å². The number of para-hydroxylation sites is 2. The van der Waals surface area contributed by atoms with Crippen molar-refractivity contribution in [3.63, 3.8) is 0 Å². The number of Topliss-reactive ketones (excluding diaryl/α,β-unsaturated/α-hetero) is 1. The summed E-state index contributed by atoms with van der Waals surface area (Å²) < 4.78 is 25.3. The van der Waals surface area contributed by atoms with Gasteiger partial charge in [0.15, 0.2) is 11.5 Å². The number of fused-ring (bicyclic) bond motifs is 2. The number of hydrogen-bond donors (Lipinski definition) is 0. The number of benzene rings is 4. The summed E-state index contributed by atoms with van der Waals surface area (Å²) in [5.74, 6) is 0.217. The molecule has 0 N–H and O–H groups in total. The lowest BCUT2D eigenvalue weighted by Crippen LogP contribution is -2.30. The van der Waals surface area contributed by atoms with Crippen LogP contribution in [0, 0.1) is 0 Å². The molecule has 0 aliphatic carbocycles. The van der Waals surface area contributed by atoms with E-state index in [1.807, 2.05) is 50.6 Å². The Hall–Kier alpha value is -6.07. The summed E-state index contributed by atoms with van der Waals surface area (Å²) in [7, 11) is 8.81. The lowest BCUT2D eigenvalue weighted by Gasteiger charge is -2.19. The molecule has 256 valence electrons. The number of ether oxygens (including phenoxy) is 4. The van der Waals surface area contributed by atoms with E-state index < -0.39 is 18.0 Å². The van der Waals surface area contributed by atoms with E-state index in [0.717, 1.165) is 36.0 Å². The second-order valence-corrected chi connectivity index (χ2v) is 12.1. The number of aryl methyl sites for hydroxylation is 1. The minimum atomic E-state index is -0.749. The topological polar surface area (TPSA) is 103 Å². The molecule has 1 aromatic heterocycles. The summed E-state index contributed by atoms with van der Waals surface area (Å²) in [6.07, 6.45) is 3.14. The number of allylic oxidation sites excluding steroid dienone is 1. The Bertz CT molecular complexity index is 2070. The van der Waals surface area contributed by atoms with Crippen molar-refractivity contribution in [3.8, 4) is 23.0 Å². The predicted octanol–water partition coefficient (Wildman–Crippen LogP) is 7.49. The Labute approximate surface area is 290 Å². The molecule has 11 nitrogen and oxygen atoms in total. The zero-order valence-electron chi connectivity index (χ0n) is 28.6. The van der Waals surface area contributed by atoms with E-state index in [4.69, 9.17) is 18.9 Å². The molecular weight excluding hydrogens is 636 g/mol. The molecule has 0 saturated heterocycles. The molecule has 0 atom stereocenters. The Morgan fingerprint density at radius 3 is 2.06 bits per heavy atom. The zero-order valence-corrected chi connectivity index (χ0v) is 28.6. The summed E-state index contributed by atoms with van der Waals surface area (Å²) in [4.78, 5) is 45.3. The van der Waals surface area contributed by atoms with E-state index in [-0.39, 0.29) is 28.6 Å². The van der Waals surface area contributed by atoms with Crippen LogP contribution in [0.5, 0.6) is 23.0 Å². The van der Waals surface area contributed by atoms with Crippen molar-refractivity contribution < 1.29 is 33.3 Å². The van der Waals surface area contributed by atoms with E-state index in [1.165, 1.54) is 21.9 Å². The van der Waals surface area contributed by atoms with Crippen LogP contribution >= 0.6 is 0 Å². The van der Waals surface area contributed by atoms with Gasteiger partial charge in [0.25, 0.3) is 0 Å². The first kappa shape index (κ1) is 33.8. The predicted molar refractivity (Wildman–Crippen MR) is 193 cm³/mol. The van der Waals surface area contributed by atoms with Crippen LogP contribution in [0.2, 0.25) is 0 Å². The second-order valence-electron chi connectivity index (χ2n) is 12.1. The molecule has 0 saturated carbocycles. The lowest BCUT2D eigenvalue weighted by molar-refractivity contribution is 0.101. The molecule has 0 unspecified atom stereocenters. The summed E-state index contributed by atoms with van der Waals surface area (Å²) in [6, 6.07) is 26.5. The Morgan fingerprint density at radius 2 is 1.44 bits per heavy atom. The van der Waals surface area contributed by atoms with E-state index in [0.29, 0.717) is 17.1 Å². The van der Waals surface area contributed by atoms with Crippen molar-refractivity contribution in [2.75, 3.05) is 51.6 Å². The van der Waals surface area contributed by atoms with E-state index in [2.05, 4.69) is 9.47 Å². The van der Waals surface area contributed by atoms with Gasteiger partial charge in [-0.25, -0.2) is 9.59 Å².